The van der Waals surface area contributed by atoms with Crippen LogP contribution < -0.4 is 5.32 Å². The summed E-state index contributed by atoms with van der Waals surface area (Å²) in [7, 11) is -3.79. The summed E-state index contributed by atoms with van der Waals surface area (Å²) in [5.41, 5.74) is 0.724. The van der Waals surface area contributed by atoms with Crippen molar-refractivity contribution in [2.75, 3.05) is 18.4 Å². The van der Waals surface area contributed by atoms with Crippen molar-refractivity contribution < 1.29 is 13.3 Å². The molecule has 1 fully saturated rings. The average Bonchev–Trinajstić information content (AvgIpc) is 3.32. The molecule has 0 unspecified atom stereocenters. The summed E-state index contributed by atoms with van der Waals surface area (Å²) in [6, 6.07) is 9.39. The highest BCUT2D eigenvalue weighted by atomic mass is 32.2. The van der Waals surface area contributed by atoms with Gasteiger partial charge < -0.3 is 5.32 Å². The van der Waals surface area contributed by atoms with Gasteiger partial charge in [0.25, 0.3) is 5.69 Å². The molecular formula is C21H24N6O4S. The van der Waals surface area contributed by atoms with Crippen molar-refractivity contribution in [2.45, 2.75) is 31.2 Å². The van der Waals surface area contributed by atoms with Gasteiger partial charge >= 0.3 is 0 Å². The fraction of sp³-hybridized carbons (Fsp3) is 0.333. The van der Waals surface area contributed by atoms with Crippen molar-refractivity contribution in [2.24, 2.45) is 5.92 Å². The molecule has 1 aromatic carbocycles. The second kappa shape index (κ2) is 9.05. The van der Waals surface area contributed by atoms with Gasteiger partial charge in [0, 0.05) is 49.9 Å². The smallest absolute Gasteiger partial charge is 0.293 e. The lowest BCUT2D eigenvalue weighted by atomic mass is 10.0. The molecule has 32 heavy (non-hydrogen) atoms. The van der Waals surface area contributed by atoms with E-state index < -0.39 is 14.9 Å². The maximum Gasteiger partial charge on any atom is 0.293 e. The minimum Gasteiger partial charge on any atom is -0.375 e. The third kappa shape index (κ3) is 4.48. The number of nitrogens with zero attached hydrogens (tertiary/aromatic N) is 5. The lowest BCUT2D eigenvalue weighted by Crippen LogP contribution is -2.39. The third-order valence-electron chi connectivity index (χ3n) is 5.48. The van der Waals surface area contributed by atoms with Crippen LogP contribution in [0.3, 0.4) is 0 Å². The van der Waals surface area contributed by atoms with E-state index in [1.54, 1.807) is 35.4 Å². The first-order chi connectivity index (χ1) is 15.4. The zero-order valence-corrected chi connectivity index (χ0v) is 18.4. The number of hydrogen-bond acceptors (Lipinski definition) is 7. The van der Waals surface area contributed by atoms with Crippen molar-refractivity contribution in [3.05, 3.63) is 70.7 Å². The largest absolute Gasteiger partial charge is 0.375 e. The number of sulfonamides is 1. The van der Waals surface area contributed by atoms with Gasteiger partial charge in [-0.3, -0.25) is 10.1 Å². The van der Waals surface area contributed by atoms with Crippen molar-refractivity contribution >= 4 is 21.4 Å². The zero-order valence-electron chi connectivity index (χ0n) is 17.6. The number of nitrogens with one attached hydrogen (secondary N) is 1. The van der Waals surface area contributed by atoms with Crippen LogP contribution in [-0.4, -0.2) is 45.5 Å². The maximum absolute atomic E-state index is 13.0. The number of aromatic nitrogens is 3. The van der Waals surface area contributed by atoms with Crippen LogP contribution in [0, 0.1) is 16.0 Å². The van der Waals surface area contributed by atoms with Gasteiger partial charge in [-0.2, -0.15) is 9.40 Å². The van der Waals surface area contributed by atoms with Crippen molar-refractivity contribution in [3.8, 4) is 5.82 Å². The van der Waals surface area contributed by atoms with Gasteiger partial charge in [0.15, 0.2) is 5.82 Å². The molecule has 0 spiro atoms. The highest BCUT2D eigenvalue weighted by Crippen LogP contribution is 2.31. The van der Waals surface area contributed by atoms with E-state index in [0.29, 0.717) is 18.9 Å². The van der Waals surface area contributed by atoms with E-state index in [2.05, 4.69) is 15.4 Å². The first-order valence-corrected chi connectivity index (χ1v) is 11.8. The Hall–Kier alpha value is -3.31. The summed E-state index contributed by atoms with van der Waals surface area (Å²) < 4.78 is 29.1. The SMILES string of the molecule is C[C@@H]1CCCN(S(=O)(=O)c2ccc(NCc3cccnc3-n3cccn3)c([N+](=O)[O-])c2)C1. The van der Waals surface area contributed by atoms with Crippen LogP contribution in [-0.2, 0) is 16.6 Å². The van der Waals surface area contributed by atoms with Gasteiger partial charge in [-0.1, -0.05) is 13.0 Å². The molecule has 2 aromatic heterocycles. The number of rotatable bonds is 7. The van der Waals surface area contributed by atoms with Gasteiger partial charge in [0.2, 0.25) is 10.0 Å². The predicted molar refractivity (Wildman–Crippen MR) is 119 cm³/mol. The standard InChI is InChI=1S/C21H24N6O4S/c1-16-5-3-11-25(15-16)32(30,31)18-7-8-19(20(13-18)27(28)29)23-14-17-6-2-9-22-21(17)26-12-4-10-24-26/h2,4,6-10,12-13,16,23H,3,5,11,14-15H2,1H3/t16-/m1/s1. The summed E-state index contributed by atoms with van der Waals surface area (Å²) >= 11 is 0. The van der Waals surface area contributed by atoms with Crippen LogP contribution >= 0.6 is 0 Å². The summed E-state index contributed by atoms with van der Waals surface area (Å²) in [6.07, 6.45) is 6.80. The predicted octanol–water partition coefficient (Wildman–Crippen LogP) is 3.21. The Morgan fingerprint density at radius 2 is 2.09 bits per heavy atom. The molecular weight excluding hydrogens is 432 g/mol. The van der Waals surface area contributed by atoms with Gasteiger partial charge in [0.05, 0.1) is 9.82 Å². The van der Waals surface area contributed by atoms with Gasteiger partial charge in [0.1, 0.15) is 5.69 Å². The Bertz CT molecular complexity index is 1210. The summed E-state index contributed by atoms with van der Waals surface area (Å²) in [5, 5.41) is 19.0. The van der Waals surface area contributed by atoms with Gasteiger partial charge in [-0.15, -0.1) is 0 Å². The van der Waals surface area contributed by atoms with E-state index in [1.807, 2.05) is 13.0 Å². The van der Waals surface area contributed by atoms with E-state index >= 15 is 0 Å². The molecule has 0 bridgehead atoms. The van der Waals surface area contributed by atoms with Crippen LogP contribution in [0.2, 0.25) is 0 Å². The van der Waals surface area contributed by atoms with Crippen LogP contribution in [0.25, 0.3) is 5.82 Å². The fourth-order valence-electron chi connectivity index (χ4n) is 3.85. The Balaban J connectivity index is 1.59. The van der Waals surface area contributed by atoms with Crippen molar-refractivity contribution in [1.29, 1.82) is 0 Å². The van der Waals surface area contributed by atoms with E-state index in [0.717, 1.165) is 24.5 Å². The topological polar surface area (TPSA) is 123 Å². The molecule has 4 rings (SSSR count). The Kier molecular flexibility index (Phi) is 6.19. The van der Waals surface area contributed by atoms with E-state index in [9.17, 15) is 18.5 Å². The molecule has 10 nitrogen and oxygen atoms in total. The monoisotopic (exact) mass is 456 g/mol. The van der Waals surface area contributed by atoms with Crippen molar-refractivity contribution in [3.63, 3.8) is 0 Å². The summed E-state index contributed by atoms with van der Waals surface area (Å²) in [6.45, 7) is 3.11. The number of hydrogen-bond donors (Lipinski definition) is 1. The van der Waals surface area contributed by atoms with Crippen LogP contribution in [0.15, 0.2) is 59.9 Å². The highest BCUT2D eigenvalue weighted by molar-refractivity contribution is 7.89. The molecule has 1 N–H and O–H groups in total. The average molecular weight is 457 g/mol. The number of anilines is 1. The zero-order chi connectivity index (χ0) is 22.7. The first kappa shape index (κ1) is 21.9. The third-order valence-corrected chi connectivity index (χ3v) is 7.34. The lowest BCUT2D eigenvalue weighted by Gasteiger charge is -2.30. The molecule has 1 atom stereocenters. The number of piperidine rings is 1. The fourth-order valence-corrected chi connectivity index (χ4v) is 5.46. The molecule has 1 saturated heterocycles. The quantitative estimate of drug-likeness (QED) is 0.428. The summed E-state index contributed by atoms with van der Waals surface area (Å²) in [5.74, 6) is 0.865. The summed E-state index contributed by atoms with van der Waals surface area (Å²) in [4.78, 5) is 15.4. The Labute approximate surface area is 186 Å². The van der Waals surface area contributed by atoms with Gasteiger partial charge in [-0.05, 0) is 43.0 Å². The molecule has 168 valence electrons. The van der Waals surface area contributed by atoms with E-state index in [-0.39, 0.29) is 28.7 Å². The van der Waals surface area contributed by atoms with Crippen LogP contribution in [0.1, 0.15) is 25.3 Å². The second-order valence-corrected chi connectivity index (χ2v) is 9.77. The molecule has 0 aliphatic carbocycles. The maximum atomic E-state index is 13.0. The van der Waals surface area contributed by atoms with E-state index in [4.69, 9.17) is 0 Å². The minimum absolute atomic E-state index is 0.0672. The highest BCUT2D eigenvalue weighted by Gasteiger charge is 2.30. The Morgan fingerprint density at radius 1 is 1.25 bits per heavy atom. The minimum atomic E-state index is -3.79. The number of pyridine rings is 1. The molecule has 1 aliphatic rings. The van der Waals surface area contributed by atoms with Crippen LogP contribution in [0.4, 0.5) is 11.4 Å². The molecule has 0 radical (unpaired) electrons. The molecule has 3 aromatic rings. The Morgan fingerprint density at radius 3 is 2.81 bits per heavy atom. The number of benzene rings is 1. The number of nitro benzene ring substituents is 1. The first-order valence-electron chi connectivity index (χ1n) is 10.3. The van der Waals surface area contributed by atoms with Gasteiger partial charge in [-0.25, -0.2) is 18.1 Å². The lowest BCUT2D eigenvalue weighted by molar-refractivity contribution is -0.384. The molecule has 0 amide bonds. The number of nitro groups is 1. The molecule has 11 heteroatoms. The molecule has 3 heterocycles. The van der Waals surface area contributed by atoms with Crippen molar-refractivity contribution in [1.82, 2.24) is 19.1 Å². The van der Waals surface area contributed by atoms with Crippen LogP contribution in [0.5, 0.6) is 0 Å². The molecule has 1 aliphatic heterocycles. The van der Waals surface area contributed by atoms with E-state index in [1.165, 1.54) is 16.4 Å². The second-order valence-electron chi connectivity index (χ2n) is 7.84. The normalized spacial score (nSPS) is 17.2. The molecule has 0 saturated carbocycles.